The van der Waals surface area contributed by atoms with Gasteiger partial charge in [0.15, 0.2) is 0 Å². The number of benzene rings is 1. The molecule has 0 radical (unpaired) electrons. The van der Waals surface area contributed by atoms with Crippen LogP contribution in [0, 0.1) is 5.92 Å². The molecule has 0 aliphatic heterocycles. The highest BCUT2D eigenvalue weighted by atomic mass is 32.2. The molecular formula is C13H19NO3S. The molecule has 100 valence electrons. The number of rotatable bonds is 5. The van der Waals surface area contributed by atoms with Crippen molar-refractivity contribution in [3.8, 4) is 5.75 Å². The maximum absolute atomic E-state index is 11.9. The highest BCUT2D eigenvalue weighted by Gasteiger charge is 2.17. The largest absolute Gasteiger partial charge is 0.508 e. The maximum atomic E-state index is 11.9. The molecule has 0 saturated heterocycles. The van der Waals surface area contributed by atoms with Crippen LogP contribution in [0.15, 0.2) is 29.2 Å². The minimum Gasteiger partial charge on any atom is -0.508 e. The van der Waals surface area contributed by atoms with E-state index < -0.39 is 10.0 Å². The Morgan fingerprint density at radius 3 is 2.67 bits per heavy atom. The molecule has 0 bridgehead atoms. The molecule has 2 rings (SSSR count). The summed E-state index contributed by atoms with van der Waals surface area (Å²) < 4.78 is 26.5. The molecule has 1 aliphatic rings. The van der Waals surface area contributed by atoms with Crippen molar-refractivity contribution < 1.29 is 13.5 Å². The molecule has 2 N–H and O–H groups in total. The van der Waals surface area contributed by atoms with Crippen LogP contribution >= 0.6 is 0 Å². The zero-order valence-electron chi connectivity index (χ0n) is 10.3. The smallest absolute Gasteiger partial charge is 0.240 e. The van der Waals surface area contributed by atoms with Gasteiger partial charge >= 0.3 is 0 Å². The van der Waals surface area contributed by atoms with Gasteiger partial charge in [-0.2, -0.15) is 0 Å². The molecule has 0 aromatic heterocycles. The predicted molar refractivity (Wildman–Crippen MR) is 69.9 cm³/mol. The Balaban J connectivity index is 1.90. The van der Waals surface area contributed by atoms with Gasteiger partial charge in [0, 0.05) is 6.54 Å². The van der Waals surface area contributed by atoms with Crippen LogP contribution in [0.2, 0.25) is 0 Å². The lowest BCUT2D eigenvalue weighted by molar-refractivity contribution is 0.472. The number of hydrogen-bond acceptors (Lipinski definition) is 3. The number of sulfonamides is 1. The molecule has 0 amide bonds. The van der Waals surface area contributed by atoms with Crippen LogP contribution in [0.1, 0.15) is 32.1 Å². The lowest BCUT2D eigenvalue weighted by Gasteiger charge is -2.10. The number of aromatic hydroxyl groups is 1. The molecule has 5 heteroatoms. The Bertz CT molecular complexity index is 493. The fourth-order valence-corrected chi connectivity index (χ4v) is 3.52. The number of nitrogens with one attached hydrogen (secondary N) is 1. The lowest BCUT2D eigenvalue weighted by Crippen LogP contribution is -2.25. The molecule has 0 unspecified atom stereocenters. The minimum atomic E-state index is -3.48. The average Bonchev–Trinajstić information content (AvgIpc) is 2.82. The molecule has 0 atom stereocenters. The van der Waals surface area contributed by atoms with Gasteiger partial charge in [0.1, 0.15) is 5.75 Å². The summed E-state index contributed by atoms with van der Waals surface area (Å²) in [5, 5.41) is 9.28. The van der Waals surface area contributed by atoms with E-state index in [0.29, 0.717) is 12.5 Å². The molecule has 4 nitrogen and oxygen atoms in total. The van der Waals surface area contributed by atoms with Crippen molar-refractivity contribution in [1.82, 2.24) is 4.72 Å². The fraction of sp³-hybridized carbons (Fsp3) is 0.538. The van der Waals surface area contributed by atoms with E-state index in [9.17, 15) is 13.5 Å². The second kappa shape index (κ2) is 5.71. The lowest BCUT2D eigenvalue weighted by atomic mass is 10.1. The van der Waals surface area contributed by atoms with Crippen LogP contribution in [0.3, 0.4) is 0 Å². The molecule has 0 heterocycles. The van der Waals surface area contributed by atoms with Gasteiger partial charge < -0.3 is 5.11 Å². The number of phenolic OH excluding ortho intramolecular Hbond substituents is 1. The molecule has 1 saturated carbocycles. The van der Waals surface area contributed by atoms with Crippen molar-refractivity contribution >= 4 is 10.0 Å². The first-order chi connectivity index (χ1) is 8.58. The third-order valence-electron chi connectivity index (χ3n) is 3.45. The van der Waals surface area contributed by atoms with Crippen LogP contribution in [0.4, 0.5) is 0 Å². The highest BCUT2D eigenvalue weighted by molar-refractivity contribution is 7.89. The van der Waals surface area contributed by atoms with Gasteiger partial charge in [0.2, 0.25) is 10.0 Å². The van der Waals surface area contributed by atoms with Gasteiger partial charge in [-0.05, 0) is 30.5 Å². The van der Waals surface area contributed by atoms with Crippen LogP contribution < -0.4 is 4.72 Å². The normalized spacial score (nSPS) is 17.1. The quantitative estimate of drug-likeness (QED) is 0.861. The molecule has 1 aromatic rings. The van der Waals surface area contributed by atoms with Gasteiger partial charge in [0.25, 0.3) is 0 Å². The summed E-state index contributed by atoms with van der Waals surface area (Å²) in [4.78, 5) is 0.119. The van der Waals surface area contributed by atoms with E-state index in [1.165, 1.54) is 49.9 Å². The van der Waals surface area contributed by atoms with Crippen molar-refractivity contribution in [2.45, 2.75) is 37.0 Å². The Morgan fingerprint density at radius 1 is 1.28 bits per heavy atom. The summed E-state index contributed by atoms with van der Waals surface area (Å²) >= 11 is 0. The molecule has 1 aliphatic carbocycles. The van der Waals surface area contributed by atoms with Gasteiger partial charge in [0.05, 0.1) is 4.90 Å². The van der Waals surface area contributed by atoms with E-state index in [4.69, 9.17) is 0 Å². The average molecular weight is 269 g/mol. The second-order valence-corrected chi connectivity index (χ2v) is 6.60. The van der Waals surface area contributed by atoms with E-state index in [-0.39, 0.29) is 10.6 Å². The Kier molecular flexibility index (Phi) is 4.24. The van der Waals surface area contributed by atoms with Crippen LogP contribution in [0.25, 0.3) is 0 Å². The van der Waals surface area contributed by atoms with E-state index >= 15 is 0 Å². The standard InChI is InChI=1S/C13H19NO3S/c15-12-6-3-7-13(10-12)18(16,17)14-9-8-11-4-1-2-5-11/h3,6-7,10-11,14-15H,1-2,4-5,8-9H2. The summed E-state index contributed by atoms with van der Waals surface area (Å²) in [6, 6.07) is 5.73. The van der Waals surface area contributed by atoms with Gasteiger partial charge in [-0.15, -0.1) is 0 Å². The van der Waals surface area contributed by atoms with E-state index in [1.54, 1.807) is 0 Å². The van der Waals surface area contributed by atoms with Crippen molar-refractivity contribution in [2.24, 2.45) is 5.92 Å². The first-order valence-electron chi connectivity index (χ1n) is 6.36. The fourth-order valence-electron chi connectivity index (χ4n) is 2.43. The molecule has 18 heavy (non-hydrogen) atoms. The first kappa shape index (κ1) is 13.4. The summed E-state index contributed by atoms with van der Waals surface area (Å²) in [6.45, 7) is 0.475. The topological polar surface area (TPSA) is 66.4 Å². The summed E-state index contributed by atoms with van der Waals surface area (Å²) in [7, 11) is -3.48. The Hall–Kier alpha value is -1.07. The van der Waals surface area contributed by atoms with Crippen molar-refractivity contribution in [3.05, 3.63) is 24.3 Å². The molecule has 0 spiro atoms. The molecular weight excluding hydrogens is 250 g/mol. The zero-order valence-corrected chi connectivity index (χ0v) is 11.1. The Labute approximate surface area is 108 Å². The van der Waals surface area contributed by atoms with E-state index in [2.05, 4.69) is 4.72 Å². The van der Waals surface area contributed by atoms with Crippen molar-refractivity contribution in [3.63, 3.8) is 0 Å². The van der Waals surface area contributed by atoms with Gasteiger partial charge in [-0.1, -0.05) is 31.7 Å². The van der Waals surface area contributed by atoms with Crippen LogP contribution in [-0.4, -0.2) is 20.1 Å². The third-order valence-corrected chi connectivity index (χ3v) is 4.91. The number of phenols is 1. The van der Waals surface area contributed by atoms with Gasteiger partial charge in [-0.25, -0.2) is 13.1 Å². The third kappa shape index (κ3) is 3.46. The van der Waals surface area contributed by atoms with E-state index in [0.717, 1.165) is 6.42 Å². The maximum Gasteiger partial charge on any atom is 0.240 e. The first-order valence-corrected chi connectivity index (χ1v) is 7.85. The monoisotopic (exact) mass is 269 g/mol. The predicted octanol–water partition coefficient (Wildman–Crippen LogP) is 2.25. The SMILES string of the molecule is O=S(=O)(NCCC1CCCC1)c1cccc(O)c1. The van der Waals surface area contributed by atoms with Crippen LogP contribution in [-0.2, 0) is 10.0 Å². The van der Waals surface area contributed by atoms with Crippen molar-refractivity contribution in [2.75, 3.05) is 6.54 Å². The van der Waals surface area contributed by atoms with Crippen molar-refractivity contribution in [1.29, 1.82) is 0 Å². The van der Waals surface area contributed by atoms with Crippen LogP contribution in [0.5, 0.6) is 5.75 Å². The van der Waals surface area contributed by atoms with E-state index in [1.807, 2.05) is 0 Å². The van der Waals surface area contributed by atoms with Gasteiger partial charge in [-0.3, -0.25) is 0 Å². The molecule has 1 fully saturated rings. The number of hydrogen-bond donors (Lipinski definition) is 2. The summed E-state index contributed by atoms with van der Waals surface area (Å²) in [5.41, 5.74) is 0. The molecule has 1 aromatic carbocycles. The summed E-state index contributed by atoms with van der Waals surface area (Å²) in [5.74, 6) is 0.630. The summed E-state index contributed by atoms with van der Waals surface area (Å²) in [6.07, 6.45) is 5.87. The highest BCUT2D eigenvalue weighted by Crippen LogP contribution is 2.27. The minimum absolute atomic E-state index is 0.0336. The second-order valence-electron chi connectivity index (χ2n) is 4.83. The Morgan fingerprint density at radius 2 is 2.00 bits per heavy atom. The zero-order chi connectivity index (χ0) is 13.0.